The number of hydrogen-bond acceptors (Lipinski definition) is 5. The third-order valence-corrected chi connectivity index (χ3v) is 3.71. The number of halogens is 1. The summed E-state index contributed by atoms with van der Waals surface area (Å²) in [5, 5.41) is 16.1. The maximum atomic E-state index is 12.1. The van der Waals surface area contributed by atoms with Crippen molar-refractivity contribution in [2.24, 2.45) is 0 Å². The van der Waals surface area contributed by atoms with Crippen molar-refractivity contribution in [3.8, 4) is 5.75 Å². The molecule has 0 spiro atoms. The van der Waals surface area contributed by atoms with Gasteiger partial charge in [-0.15, -0.1) is 12.4 Å². The molecule has 3 N–H and O–H groups in total. The maximum Gasteiger partial charge on any atom is 0.239 e. The number of carbonyl (C=O) groups excluding carboxylic acids is 1. The fraction of sp³-hybridized carbons (Fsp3) is 0.588. The van der Waals surface area contributed by atoms with Gasteiger partial charge in [0.15, 0.2) is 0 Å². The SMILES string of the molecule is CC(C)Oc1ccc(C(O)CNC(=O)[C@H]2NCCO[C@@H]2C)cc1.Cl. The van der Waals surface area contributed by atoms with Crippen LogP contribution in [0.15, 0.2) is 24.3 Å². The number of benzene rings is 1. The molecule has 7 heteroatoms. The number of aliphatic hydroxyl groups is 1. The van der Waals surface area contributed by atoms with Crippen molar-refractivity contribution in [3.05, 3.63) is 29.8 Å². The highest BCUT2D eigenvalue weighted by Crippen LogP contribution is 2.18. The van der Waals surface area contributed by atoms with Gasteiger partial charge in [0.25, 0.3) is 0 Å². The van der Waals surface area contributed by atoms with Crippen LogP contribution in [0.4, 0.5) is 0 Å². The Labute approximate surface area is 149 Å². The number of carbonyl (C=O) groups is 1. The van der Waals surface area contributed by atoms with Gasteiger partial charge in [0.2, 0.25) is 5.91 Å². The highest BCUT2D eigenvalue weighted by atomic mass is 35.5. The molecule has 0 aromatic heterocycles. The highest BCUT2D eigenvalue weighted by molar-refractivity contribution is 5.85. The van der Waals surface area contributed by atoms with Crippen LogP contribution in [0.1, 0.15) is 32.4 Å². The molecule has 1 aliphatic rings. The van der Waals surface area contributed by atoms with Crippen molar-refractivity contribution in [1.82, 2.24) is 10.6 Å². The van der Waals surface area contributed by atoms with Gasteiger partial charge in [-0.05, 0) is 38.5 Å². The molecule has 6 nitrogen and oxygen atoms in total. The Morgan fingerprint density at radius 2 is 2.08 bits per heavy atom. The first-order valence-corrected chi connectivity index (χ1v) is 8.04. The molecule has 3 atom stereocenters. The van der Waals surface area contributed by atoms with Gasteiger partial charge in [0.1, 0.15) is 11.8 Å². The Morgan fingerprint density at radius 1 is 1.42 bits per heavy atom. The molecule has 0 bridgehead atoms. The molecule has 24 heavy (non-hydrogen) atoms. The molecule has 1 amide bonds. The van der Waals surface area contributed by atoms with Crippen LogP contribution >= 0.6 is 12.4 Å². The van der Waals surface area contributed by atoms with E-state index >= 15 is 0 Å². The van der Waals surface area contributed by atoms with Gasteiger partial charge < -0.3 is 25.2 Å². The van der Waals surface area contributed by atoms with E-state index in [1.807, 2.05) is 32.9 Å². The van der Waals surface area contributed by atoms with Gasteiger partial charge in [-0.2, -0.15) is 0 Å². The minimum Gasteiger partial charge on any atom is -0.491 e. The number of morpholine rings is 1. The smallest absolute Gasteiger partial charge is 0.239 e. The normalized spacial score (nSPS) is 21.7. The lowest BCUT2D eigenvalue weighted by atomic mass is 10.1. The van der Waals surface area contributed by atoms with Gasteiger partial charge in [0, 0.05) is 13.1 Å². The van der Waals surface area contributed by atoms with Crippen LogP contribution in [0.3, 0.4) is 0 Å². The van der Waals surface area contributed by atoms with Gasteiger partial charge in [-0.1, -0.05) is 12.1 Å². The van der Waals surface area contributed by atoms with Crippen LogP contribution in [-0.2, 0) is 9.53 Å². The molecular weight excluding hydrogens is 332 g/mol. The van der Waals surface area contributed by atoms with Gasteiger partial charge in [0.05, 0.1) is 24.9 Å². The fourth-order valence-corrected chi connectivity index (χ4v) is 2.49. The predicted molar refractivity (Wildman–Crippen MR) is 94.6 cm³/mol. The van der Waals surface area contributed by atoms with Crippen molar-refractivity contribution in [1.29, 1.82) is 0 Å². The largest absolute Gasteiger partial charge is 0.491 e. The van der Waals surface area contributed by atoms with Crippen molar-refractivity contribution in [3.63, 3.8) is 0 Å². The lowest BCUT2D eigenvalue weighted by Crippen LogP contribution is -2.55. The summed E-state index contributed by atoms with van der Waals surface area (Å²) >= 11 is 0. The quantitative estimate of drug-likeness (QED) is 0.716. The summed E-state index contributed by atoms with van der Waals surface area (Å²) in [5.74, 6) is 0.605. The first-order valence-electron chi connectivity index (χ1n) is 8.04. The van der Waals surface area contributed by atoms with E-state index in [0.29, 0.717) is 13.2 Å². The standard InChI is InChI=1S/C17H26N2O4.ClH/c1-11(2)23-14-6-4-13(5-7-14)15(20)10-19-17(21)16-12(3)22-9-8-18-16;/h4-7,11-12,15-16,18,20H,8-10H2,1-3H3,(H,19,21);1H/t12-,15?,16+;/m1./s1. The van der Waals surface area contributed by atoms with Crippen molar-refractivity contribution in [2.75, 3.05) is 19.7 Å². The Bertz CT molecular complexity index is 510. The second-order valence-electron chi connectivity index (χ2n) is 6.00. The zero-order valence-corrected chi connectivity index (χ0v) is 15.1. The minimum atomic E-state index is -0.758. The first-order chi connectivity index (χ1) is 11.0. The number of amides is 1. The number of hydrogen-bond donors (Lipinski definition) is 3. The van der Waals surface area contributed by atoms with E-state index in [9.17, 15) is 9.90 Å². The molecule has 1 heterocycles. The zero-order chi connectivity index (χ0) is 16.8. The summed E-state index contributed by atoms with van der Waals surface area (Å²) in [4.78, 5) is 12.1. The Kier molecular flexibility index (Phi) is 8.48. The Hall–Kier alpha value is -1.34. The van der Waals surface area contributed by atoms with E-state index in [4.69, 9.17) is 9.47 Å². The first kappa shape index (κ1) is 20.7. The van der Waals surface area contributed by atoms with Crippen LogP contribution in [0.5, 0.6) is 5.75 Å². The van der Waals surface area contributed by atoms with Crippen molar-refractivity contribution >= 4 is 18.3 Å². The van der Waals surface area contributed by atoms with Crippen LogP contribution in [0.25, 0.3) is 0 Å². The summed E-state index contributed by atoms with van der Waals surface area (Å²) in [6, 6.07) is 6.87. The molecule has 2 rings (SSSR count). The van der Waals surface area contributed by atoms with Gasteiger partial charge in [-0.25, -0.2) is 0 Å². The summed E-state index contributed by atoms with van der Waals surface area (Å²) in [6.45, 7) is 7.21. The van der Waals surface area contributed by atoms with E-state index in [-0.39, 0.29) is 43.1 Å². The molecular formula is C17H27ClN2O4. The summed E-state index contributed by atoms with van der Waals surface area (Å²) in [5.41, 5.74) is 0.738. The number of nitrogens with one attached hydrogen (secondary N) is 2. The summed E-state index contributed by atoms with van der Waals surface area (Å²) in [6.07, 6.45) is -0.822. The molecule has 0 radical (unpaired) electrons. The average molecular weight is 359 g/mol. The van der Waals surface area contributed by atoms with Crippen LogP contribution in [-0.4, -0.2) is 49.0 Å². The number of rotatable bonds is 6. The molecule has 1 saturated heterocycles. The molecule has 1 unspecified atom stereocenters. The molecule has 0 saturated carbocycles. The van der Waals surface area contributed by atoms with Gasteiger partial charge in [-0.3, -0.25) is 4.79 Å². The van der Waals surface area contributed by atoms with Crippen LogP contribution in [0.2, 0.25) is 0 Å². The van der Waals surface area contributed by atoms with Crippen LogP contribution < -0.4 is 15.4 Å². The molecule has 1 aliphatic heterocycles. The molecule has 136 valence electrons. The topological polar surface area (TPSA) is 79.8 Å². The monoisotopic (exact) mass is 358 g/mol. The number of aliphatic hydroxyl groups excluding tert-OH is 1. The van der Waals surface area contributed by atoms with E-state index < -0.39 is 6.10 Å². The van der Waals surface area contributed by atoms with Crippen molar-refractivity contribution < 1.29 is 19.4 Å². The summed E-state index contributed by atoms with van der Waals surface area (Å²) in [7, 11) is 0. The minimum absolute atomic E-state index is 0. The Morgan fingerprint density at radius 3 is 2.67 bits per heavy atom. The molecule has 0 aliphatic carbocycles. The van der Waals surface area contributed by atoms with E-state index in [2.05, 4.69) is 10.6 Å². The molecule has 1 fully saturated rings. The fourth-order valence-electron chi connectivity index (χ4n) is 2.49. The molecule has 1 aromatic carbocycles. The zero-order valence-electron chi connectivity index (χ0n) is 14.3. The van der Waals surface area contributed by atoms with Crippen LogP contribution in [0, 0.1) is 0 Å². The highest BCUT2D eigenvalue weighted by Gasteiger charge is 2.28. The van der Waals surface area contributed by atoms with E-state index in [1.54, 1.807) is 12.1 Å². The second-order valence-corrected chi connectivity index (χ2v) is 6.00. The third-order valence-electron chi connectivity index (χ3n) is 3.71. The number of ether oxygens (including phenoxy) is 2. The predicted octanol–water partition coefficient (Wildman–Crippen LogP) is 1.42. The Balaban J connectivity index is 0.00000288. The van der Waals surface area contributed by atoms with Crippen molar-refractivity contribution in [2.45, 2.75) is 45.1 Å². The van der Waals surface area contributed by atoms with E-state index in [1.165, 1.54) is 0 Å². The molecule has 1 aromatic rings. The lowest BCUT2D eigenvalue weighted by Gasteiger charge is -2.29. The van der Waals surface area contributed by atoms with Gasteiger partial charge >= 0.3 is 0 Å². The van der Waals surface area contributed by atoms with E-state index in [0.717, 1.165) is 11.3 Å². The lowest BCUT2D eigenvalue weighted by molar-refractivity contribution is -0.129. The second kappa shape index (κ2) is 9.84. The third kappa shape index (κ3) is 5.94. The summed E-state index contributed by atoms with van der Waals surface area (Å²) < 4.78 is 11.0. The average Bonchev–Trinajstić information content (AvgIpc) is 2.53. The maximum absolute atomic E-state index is 12.1.